The summed E-state index contributed by atoms with van der Waals surface area (Å²) >= 11 is 0. The first-order valence-electron chi connectivity index (χ1n) is 4.70. The van der Waals surface area contributed by atoms with E-state index in [9.17, 15) is 9.18 Å². The number of rotatable bonds is 4. The van der Waals surface area contributed by atoms with Gasteiger partial charge in [-0.3, -0.25) is 4.79 Å². The summed E-state index contributed by atoms with van der Waals surface area (Å²) in [7, 11) is 1.30. The second-order valence-corrected chi connectivity index (χ2v) is 3.25. The van der Waals surface area contributed by atoms with E-state index in [1.165, 1.54) is 13.2 Å². The number of carbonyl (C=O) groups excluding carboxylic acids is 1. The molecule has 1 aromatic carbocycles. The van der Waals surface area contributed by atoms with E-state index in [-0.39, 0.29) is 18.8 Å². The Hall–Kier alpha value is -1.42. The third-order valence-corrected chi connectivity index (χ3v) is 2.24. The highest BCUT2D eigenvalue weighted by Gasteiger charge is 2.19. The van der Waals surface area contributed by atoms with Gasteiger partial charge in [0.25, 0.3) is 0 Å². The molecule has 0 aliphatic heterocycles. The van der Waals surface area contributed by atoms with Gasteiger partial charge in [-0.2, -0.15) is 0 Å². The minimum Gasteiger partial charge on any atom is -0.469 e. The Labute approximate surface area is 88.0 Å². The molecule has 0 heterocycles. The molecule has 0 aromatic heterocycles. The lowest BCUT2D eigenvalue weighted by molar-refractivity contribution is -0.145. The molecule has 2 N–H and O–H groups in total. The van der Waals surface area contributed by atoms with Crippen molar-refractivity contribution in [2.75, 3.05) is 13.7 Å². The molecule has 3 nitrogen and oxygen atoms in total. The molecule has 0 amide bonds. The lowest BCUT2D eigenvalue weighted by atomic mass is 9.99. The predicted octanol–water partition coefficient (Wildman–Crippen LogP) is 1.12. The van der Waals surface area contributed by atoms with Crippen molar-refractivity contribution in [1.29, 1.82) is 0 Å². The third-order valence-electron chi connectivity index (χ3n) is 2.24. The Bertz CT molecular complexity index is 341. The van der Waals surface area contributed by atoms with E-state index >= 15 is 0 Å². The van der Waals surface area contributed by atoms with Gasteiger partial charge in [-0.15, -0.1) is 0 Å². The first-order valence-corrected chi connectivity index (χ1v) is 4.70. The highest BCUT2D eigenvalue weighted by Crippen LogP contribution is 2.13. The number of benzene rings is 1. The molecular formula is C11H14FNO2. The molecule has 15 heavy (non-hydrogen) atoms. The van der Waals surface area contributed by atoms with Gasteiger partial charge in [0, 0.05) is 6.54 Å². The summed E-state index contributed by atoms with van der Waals surface area (Å²) < 4.78 is 17.8. The third kappa shape index (κ3) is 3.02. The zero-order chi connectivity index (χ0) is 11.3. The molecule has 0 saturated heterocycles. The summed E-state index contributed by atoms with van der Waals surface area (Å²) in [5.41, 5.74) is 5.91. The zero-order valence-corrected chi connectivity index (χ0v) is 8.57. The molecule has 4 heteroatoms. The first kappa shape index (κ1) is 11.7. The summed E-state index contributed by atoms with van der Waals surface area (Å²) in [6.07, 6.45) is 0.274. The van der Waals surface area contributed by atoms with Gasteiger partial charge >= 0.3 is 5.97 Å². The lowest BCUT2D eigenvalue weighted by Crippen LogP contribution is -2.27. The molecule has 1 rings (SSSR count). The summed E-state index contributed by atoms with van der Waals surface area (Å²) in [6.45, 7) is 0.154. The van der Waals surface area contributed by atoms with Crippen LogP contribution in [0.5, 0.6) is 0 Å². The minimum atomic E-state index is -0.480. The number of carbonyl (C=O) groups is 1. The van der Waals surface area contributed by atoms with Crippen LogP contribution in [0.25, 0.3) is 0 Å². The van der Waals surface area contributed by atoms with Gasteiger partial charge in [0.15, 0.2) is 0 Å². The molecule has 82 valence electrons. The normalized spacial score (nSPS) is 12.2. The lowest BCUT2D eigenvalue weighted by Gasteiger charge is -2.12. The number of ether oxygens (including phenoxy) is 1. The molecule has 0 saturated carbocycles. The summed E-state index contributed by atoms with van der Waals surface area (Å²) in [4.78, 5) is 11.2. The van der Waals surface area contributed by atoms with Crippen LogP contribution in [-0.4, -0.2) is 19.6 Å². The second-order valence-electron chi connectivity index (χ2n) is 3.25. The first-order chi connectivity index (χ1) is 7.19. The summed E-state index contributed by atoms with van der Waals surface area (Å²) in [5.74, 6) is -1.20. The van der Waals surface area contributed by atoms with Gasteiger partial charge in [-0.1, -0.05) is 18.2 Å². The maximum absolute atomic E-state index is 13.3. The van der Waals surface area contributed by atoms with Crippen molar-refractivity contribution in [2.24, 2.45) is 11.7 Å². The van der Waals surface area contributed by atoms with Crippen molar-refractivity contribution >= 4 is 5.97 Å². The highest BCUT2D eigenvalue weighted by molar-refractivity contribution is 5.72. The Morgan fingerprint density at radius 2 is 2.20 bits per heavy atom. The minimum absolute atomic E-state index is 0.154. The molecule has 1 aromatic rings. The maximum atomic E-state index is 13.3. The number of halogens is 1. The van der Waals surface area contributed by atoms with E-state index < -0.39 is 11.9 Å². The monoisotopic (exact) mass is 211 g/mol. The van der Waals surface area contributed by atoms with E-state index in [1.54, 1.807) is 18.2 Å². The molecule has 0 fully saturated rings. The van der Waals surface area contributed by atoms with Crippen LogP contribution in [0.15, 0.2) is 24.3 Å². The zero-order valence-electron chi connectivity index (χ0n) is 8.57. The van der Waals surface area contributed by atoms with Crippen molar-refractivity contribution in [1.82, 2.24) is 0 Å². The van der Waals surface area contributed by atoms with Crippen LogP contribution >= 0.6 is 0 Å². The van der Waals surface area contributed by atoms with Crippen LogP contribution < -0.4 is 5.73 Å². The molecule has 0 aliphatic carbocycles. The molecule has 0 unspecified atom stereocenters. The fourth-order valence-corrected chi connectivity index (χ4v) is 1.36. The quantitative estimate of drug-likeness (QED) is 0.759. The van der Waals surface area contributed by atoms with Gasteiger partial charge in [-0.05, 0) is 18.1 Å². The van der Waals surface area contributed by atoms with Crippen molar-refractivity contribution in [3.63, 3.8) is 0 Å². The number of methoxy groups -OCH3 is 1. The molecular weight excluding hydrogens is 197 g/mol. The second kappa shape index (κ2) is 5.46. The van der Waals surface area contributed by atoms with Gasteiger partial charge in [0.05, 0.1) is 13.0 Å². The van der Waals surface area contributed by atoms with Crippen molar-refractivity contribution in [2.45, 2.75) is 6.42 Å². The van der Waals surface area contributed by atoms with Gasteiger partial charge in [0.1, 0.15) is 5.82 Å². The fraction of sp³-hybridized carbons (Fsp3) is 0.364. The Morgan fingerprint density at radius 1 is 1.53 bits per heavy atom. The number of hydrogen-bond acceptors (Lipinski definition) is 3. The van der Waals surface area contributed by atoms with E-state index in [4.69, 9.17) is 5.73 Å². The van der Waals surface area contributed by atoms with E-state index in [0.717, 1.165) is 0 Å². The maximum Gasteiger partial charge on any atom is 0.310 e. The molecule has 0 aliphatic rings. The van der Waals surface area contributed by atoms with Crippen molar-refractivity contribution < 1.29 is 13.9 Å². The molecule has 0 radical (unpaired) electrons. The Balaban J connectivity index is 2.75. The van der Waals surface area contributed by atoms with Crippen molar-refractivity contribution in [3.05, 3.63) is 35.6 Å². The molecule has 1 atom stereocenters. The summed E-state index contributed by atoms with van der Waals surface area (Å²) in [5, 5.41) is 0. The number of esters is 1. The van der Waals surface area contributed by atoms with Gasteiger partial charge in [-0.25, -0.2) is 4.39 Å². The van der Waals surface area contributed by atoms with Crippen LogP contribution in [0.3, 0.4) is 0 Å². The van der Waals surface area contributed by atoms with Crippen LogP contribution in [-0.2, 0) is 16.0 Å². The standard InChI is InChI=1S/C11H14FNO2/c1-15-11(14)9(7-13)6-8-4-2-3-5-10(8)12/h2-5,9H,6-7,13H2,1H3/t9-/m1/s1. The van der Waals surface area contributed by atoms with Gasteiger partial charge in [0.2, 0.25) is 0 Å². The van der Waals surface area contributed by atoms with Gasteiger partial charge < -0.3 is 10.5 Å². The van der Waals surface area contributed by atoms with Crippen LogP contribution in [0.1, 0.15) is 5.56 Å². The molecule has 0 spiro atoms. The predicted molar refractivity (Wildman–Crippen MR) is 54.7 cm³/mol. The SMILES string of the molecule is COC(=O)[C@@H](CN)Cc1ccccc1F. The van der Waals surface area contributed by atoms with Crippen LogP contribution in [0.4, 0.5) is 4.39 Å². The van der Waals surface area contributed by atoms with E-state index in [1.807, 2.05) is 0 Å². The topological polar surface area (TPSA) is 52.3 Å². The van der Waals surface area contributed by atoms with Crippen LogP contribution in [0.2, 0.25) is 0 Å². The highest BCUT2D eigenvalue weighted by atomic mass is 19.1. The van der Waals surface area contributed by atoms with E-state index in [0.29, 0.717) is 5.56 Å². The average Bonchev–Trinajstić information content (AvgIpc) is 2.27. The smallest absolute Gasteiger partial charge is 0.310 e. The average molecular weight is 211 g/mol. The van der Waals surface area contributed by atoms with Crippen molar-refractivity contribution in [3.8, 4) is 0 Å². The number of nitrogens with two attached hydrogens (primary N) is 1. The van der Waals surface area contributed by atoms with Crippen LogP contribution in [0, 0.1) is 11.7 Å². The number of hydrogen-bond donors (Lipinski definition) is 1. The fourth-order valence-electron chi connectivity index (χ4n) is 1.36. The van der Waals surface area contributed by atoms with E-state index in [2.05, 4.69) is 4.74 Å². The Kier molecular flexibility index (Phi) is 4.24. The molecule has 0 bridgehead atoms. The summed E-state index contributed by atoms with van der Waals surface area (Å²) in [6, 6.07) is 6.33. The largest absolute Gasteiger partial charge is 0.469 e. The Morgan fingerprint density at radius 3 is 2.73 bits per heavy atom.